The summed E-state index contributed by atoms with van der Waals surface area (Å²) in [6.07, 6.45) is -2.16. The Kier molecular flexibility index (Phi) is 3.71. The van der Waals surface area contributed by atoms with Crippen LogP contribution in [0.25, 0.3) is 0 Å². The van der Waals surface area contributed by atoms with Gasteiger partial charge >= 0.3 is 0 Å². The van der Waals surface area contributed by atoms with Crippen LogP contribution in [0.1, 0.15) is 13.8 Å². The Morgan fingerprint density at radius 2 is 2.15 bits per heavy atom. The van der Waals surface area contributed by atoms with E-state index in [1.807, 2.05) is 0 Å². The SMILES string of the molecule is CC1(C)OC[C@H]([C@@H](O)[C@H](O)CBr)O1. The molecule has 0 amide bonds. The summed E-state index contributed by atoms with van der Waals surface area (Å²) < 4.78 is 10.6. The molecule has 2 N–H and O–H groups in total. The fraction of sp³-hybridized carbons (Fsp3) is 1.00. The molecule has 0 aromatic heterocycles. The van der Waals surface area contributed by atoms with Gasteiger partial charge in [0, 0.05) is 5.33 Å². The fourth-order valence-electron chi connectivity index (χ4n) is 1.22. The zero-order chi connectivity index (χ0) is 10.1. The molecule has 0 spiro atoms. The van der Waals surface area contributed by atoms with Gasteiger partial charge in [0.2, 0.25) is 0 Å². The zero-order valence-corrected chi connectivity index (χ0v) is 9.32. The summed E-state index contributed by atoms with van der Waals surface area (Å²) in [5, 5.41) is 19.2. The van der Waals surface area contributed by atoms with Gasteiger partial charge in [-0.05, 0) is 13.8 Å². The minimum atomic E-state index is -0.902. The van der Waals surface area contributed by atoms with E-state index in [0.29, 0.717) is 11.9 Å². The third-order valence-corrected chi connectivity index (χ3v) is 2.63. The van der Waals surface area contributed by atoms with E-state index >= 15 is 0 Å². The first-order valence-corrected chi connectivity index (χ1v) is 5.32. The Balaban J connectivity index is 2.46. The number of alkyl halides is 1. The number of rotatable bonds is 3. The van der Waals surface area contributed by atoms with Crippen molar-refractivity contribution in [2.24, 2.45) is 0 Å². The molecule has 3 atom stereocenters. The smallest absolute Gasteiger partial charge is 0.163 e. The van der Waals surface area contributed by atoms with Gasteiger partial charge in [0.05, 0.1) is 12.7 Å². The van der Waals surface area contributed by atoms with Gasteiger partial charge in [-0.2, -0.15) is 0 Å². The van der Waals surface area contributed by atoms with Crippen molar-refractivity contribution in [2.75, 3.05) is 11.9 Å². The first kappa shape index (κ1) is 11.4. The quantitative estimate of drug-likeness (QED) is 0.710. The number of aliphatic hydroxyl groups is 2. The van der Waals surface area contributed by atoms with Gasteiger partial charge in [-0.15, -0.1) is 0 Å². The molecular formula is C8H15BrO4. The van der Waals surface area contributed by atoms with Crippen molar-refractivity contribution in [3.8, 4) is 0 Å². The maximum atomic E-state index is 9.56. The molecule has 0 aromatic rings. The molecule has 1 fully saturated rings. The lowest BCUT2D eigenvalue weighted by Crippen LogP contribution is -2.40. The molecule has 78 valence electrons. The summed E-state index contributed by atoms with van der Waals surface area (Å²) in [6, 6.07) is 0. The first-order valence-electron chi connectivity index (χ1n) is 4.20. The second-order valence-corrected chi connectivity index (χ2v) is 4.23. The summed E-state index contributed by atoms with van der Waals surface area (Å²) in [6.45, 7) is 3.87. The number of halogens is 1. The molecule has 0 bridgehead atoms. The van der Waals surface area contributed by atoms with Crippen LogP contribution in [0.15, 0.2) is 0 Å². The van der Waals surface area contributed by atoms with Gasteiger partial charge in [-0.1, -0.05) is 15.9 Å². The molecule has 0 aliphatic carbocycles. The molecule has 0 saturated carbocycles. The molecule has 1 heterocycles. The highest BCUT2D eigenvalue weighted by atomic mass is 79.9. The predicted molar refractivity (Wildman–Crippen MR) is 50.7 cm³/mol. The molecule has 1 rings (SSSR count). The van der Waals surface area contributed by atoms with Crippen molar-refractivity contribution in [1.82, 2.24) is 0 Å². The number of ether oxygens (including phenoxy) is 2. The van der Waals surface area contributed by atoms with E-state index < -0.39 is 24.1 Å². The average Bonchev–Trinajstić information content (AvgIpc) is 2.43. The summed E-state index contributed by atoms with van der Waals surface area (Å²) in [4.78, 5) is 0. The third-order valence-electron chi connectivity index (χ3n) is 1.96. The van der Waals surface area contributed by atoms with E-state index in [1.165, 1.54) is 0 Å². The van der Waals surface area contributed by atoms with Crippen LogP contribution in [0.4, 0.5) is 0 Å². The zero-order valence-electron chi connectivity index (χ0n) is 7.74. The second kappa shape index (κ2) is 4.23. The molecule has 1 aliphatic rings. The molecule has 1 saturated heterocycles. The van der Waals surface area contributed by atoms with Gasteiger partial charge < -0.3 is 19.7 Å². The van der Waals surface area contributed by atoms with Crippen LogP contribution >= 0.6 is 15.9 Å². The Labute approximate surface area is 86.0 Å². The van der Waals surface area contributed by atoms with Gasteiger partial charge in [0.25, 0.3) is 0 Å². The molecule has 0 aromatic carbocycles. The van der Waals surface area contributed by atoms with Crippen molar-refractivity contribution in [3.63, 3.8) is 0 Å². The van der Waals surface area contributed by atoms with Crippen molar-refractivity contribution >= 4 is 15.9 Å². The summed E-state index contributed by atoms with van der Waals surface area (Å²) >= 11 is 3.08. The van der Waals surface area contributed by atoms with Crippen molar-refractivity contribution in [1.29, 1.82) is 0 Å². The summed E-state index contributed by atoms with van der Waals surface area (Å²) in [7, 11) is 0. The van der Waals surface area contributed by atoms with E-state index in [2.05, 4.69) is 15.9 Å². The van der Waals surface area contributed by atoms with Crippen LogP contribution in [0, 0.1) is 0 Å². The van der Waals surface area contributed by atoms with E-state index in [1.54, 1.807) is 13.8 Å². The highest BCUT2D eigenvalue weighted by molar-refractivity contribution is 9.09. The van der Waals surface area contributed by atoms with Crippen LogP contribution in [-0.2, 0) is 9.47 Å². The van der Waals surface area contributed by atoms with Gasteiger partial charge in [-0.25, -0.2) is 0 Å². The maximum Gasteiger partial charge on any atom is 0.163 e. The Hall–Kier alpha value is 0.320. The molecule has 0 radical (unpaired) electrons. The minimum Gasteiger partial charge on any atom is -0.389 e. The Bertz CT molecular complexity index is 174. The van der Waals surface area contributed by atoms with Crippen LogP contribution in [0.3, 0.4) is 0 Å². The fourth-order valence-corrected chi connectivity index (χ4v) is 1.61. The van der Waals surface area contributed by atoms with Crippen LogP contribution < -0.4 is 0 Å². The lowest BCUT2D eigenvalue weighted by Gasteiger charge is -2.22. The number of hydrogen-bond donors (Lipinski definition) is 2. The summed E-state index contributed by atoms with van der Waals surface area (Å²) in [5.41, 5.74) is 0. The third kappa shape index (κ3) is 2.89. The maximum absolute atomic E-state index is 9.56. The topological polar surface area (TPSA) is 58.9 Å². The highest BCUT2D eigenvalue weighted by Crippen LogP contribution is 2.25. The Morgan fingerprint density at radius 3 is 2.54 bits per heavy atom. The highest BCUT2D eigenvalue weighted by Gasteiger charge is 2.38. The van der Waals surface area contributed by atoms with E-state index in [0.717, 1.165) is 0 Å². The molecule has 0 unspecified atom stereocenters. The molecule has 1 aliphatic heterocycles. The van der Waals surface area contributed by atoms with Crippen molar-refractivity contribution < 1.29 is 19.7 Å². The van der Waals surface area contributed by atoms with Gasteiger partial charge in [0.1, 0.15) is 12.2 Å². The van der Waals surface area contributed by atoms with Crippen molar-refractivity contribution in [3.05, 3.63) is 0 Å². The second-order valence-electron chi connectivity index (χ2n) is 3.58. The largest absolute Gasteiger partial charge is 0.389 e. The van der Waals surface area contributed by atoms with Crippen LogP contribution in [0.2, 0.25) is 0 Å². The molecule has 5 heteroatoms. The predicted octanol–water partition coefficient (Wildman–Crippen LogP) is 0.255. The summed E-state index contributed by atoms with van der Waals surface area (Å²) in [5.74, 6) is -0.655. The van der Waals surface area contributed by atoms with Crippen LogP contribution in [-0.4, -0.2) is 46.2 Å². The molecule has 4 nitrogen and oxygen atoms in total. The van der Waals surface area contributed by atoms with Gasteiger partial charge in [-0.3, -0.25) is 0 Å². The average molecular weight is 255 g/mol. The minimum absolute atomic E-state index is 0.318. The Morgan fingerprint density at radius 1 is 1.54 bits per heavy atom. The first-order chi connectivity index (χ1) is 5.96. The van der Waals surface area contributed by atoms with E-state index in [-0.39, 0.29) is 0 Å². The van der Waals surface area contributed by atoms with E-state index in [4.69, 9.17) is 9.47 Å². The normalized spacial score (nSPS) is 31.6. The lowest BCUT2D eigenvalue weighted by molar-refractivity contribution is -0.158. The van der Waals surface area contributed by atoms with E-state index in [9.17, 15) is 10.2 Å². The molecule has 13 heavy (non-hydrogen) atoms. The van der Waals surface area contributed by atoms with Crippen molar-refractivity contribution in [2.45, 2.75) is 37.9 Å². The van der Waals surface area contributed by atoms with Gasteiger partial charge in [0.15, 0.2) is 5.79 Å². The number of aliphatic hydroxyl groups excluding tert-OH is 2. The lowest BCUT2D eigenvalue weighted by atomic mass is 10.1. The van der Waals surface area contributed by atoms with Crippen LogP contribution in [0.5, 0.6) is 0 Å². The molecular weight excluding hydrogens is 240 g/mol. The monoisotopic (exact) mass is 254 g/mol. The number of hydrogen-bond acceptors (Lipinski definition) is 4. The standard InChI is InChI=1S/C8H15BrO4/c1-8(2)12-4-6(13-8)7(11)5(10)3-9/h5-7,10-11H,3-4H2,1-2H3/t5-,6-,7+/m1/s1.